The van der Waals surface area contributed by atoms with Crippen molar-refractivity contribution in [1.29, 1.82) is 0 Å². The number of Topliss-reactive ketones (excluding diaryl/α,β-unsaturated/α-hetero) is 1. The molecule has 0 radical (unpaired) electrons. The van der Waals surface area contributed by atoms with Crippen molar-refractivity contribution in [3.05, 3.63) is 70.2 Å². The van der Waals surface area contributed by atoms with Crippen LogP contribution in [0.25, 0.3) is 0 Å². The van der Waals surface area contributed by atoms with Gasteiger partial charge >= 0.3 is 0 Å². The fourth-order valence-corrected chi connectivity index (χ4v) is 2.74. The maximum Gasteiger partial charge on any atom is 0.163 e. The standard InChI is InChI=1S/C16H13ClO/c17-14-7-5-11(6-8-14)13-9-12-3-1-2-4-15(12)16(18)10-13/h1-8,13H,9-10H2. The van der Waals surface area contributed by atoms with Crippen LogP contribution in [0.4, 0.5) is 0 Å². The summed E-state index contributed by atoms with van der Waals surface area (Å²) in [6, 6.07) is 15.7. The van der Waals surface area contributed by atoms with Crippen LogP contribution in [0.1, 0.15) is 33.8 Å². The summed E-state index contributed by atoms with van der Waals surface area (Å²) in [5.74, 6) is 0.529. The molecule has 1 aliphatic rings. The van der Waals surface area contributed by atoms with Crippen molar-refractivity contribution < 1.29 is 4.79 Å². The van der Waals surface area contributed by atoms with Crippen molar-refractivity contribution in [3.63, 3.8) is 0 Å². The van der Waals surface area contributed by atoms with Crippen LogP contribution in [0.3, 0.4) is 0 Å². The van der Waals surface area contributed by atoms with Gasteiger partial charge in [-0.2, -0.15) is 0 Å². The fourth-order valence-electron chi connectivity index (χ4n) is 2.61. The zero-order valence-corrected chi connectivity index (χ0v) is 10.7. The Morgan fingerprint density at radius 2 is 1.67 bits per heavy atom. The van der Waals surface area contributed by atoms with Crippen LogP contribution in [0.5, 0.6) is 0 Å². The van der Waals surface area contributed by atoms with E-state index in [4.69, 9.17) is 11.6 Å². The zero-order valence-electron chi connectivity index (χ0n) is 9.90. The van der Waals surface area contributed by atoms with Gasteiger partial charge in [0.15, 0.2) is 5.78 Å². The average molecular weight is 257 g/mol. The molecule has 0 aliphatic heterocycles. The van der Waals surface area contributed by atoms with Gasteiger partial charge in [0.2, 0.25) is 0 Å². The van der Waals surface area contributed by atoms with E-state index in [2.05, 4.69) is 6.07 Å². The molecule has 0 bridgehead atoms. The highest BCUT2D eigenvalue weighted by Crippen LogP contribution is 2.32. The Kier molecular flexibility index (Phi) is 2.92. The molecule has 2 aromatic rings. The second kappa shape index (κ2) is 4.58. The molecule has 2 aromatic carbocycles. The molecule has 1 unspecified atom stereocenters. The van der Waals surface area contributed by atoms with Gasteiger partial charge in [0.25, 0.3) is 0 Å². The third-order valence-corrected chi connectivity index (χ3v) is 3.81. The monoisotopic (exact) mass is 256 g/mol. The van der Waals surface area contributed by atoms with E-state index in [1.165, 1.54) is 5.56 Å². The first-order chi connectivity index (χ1) is 8.74. The second-order valence-electron chi connectivity index (χ2n) is 4.74. The van der Waals surface area contributed by atoms with Crippen LogP contribution in [0.2, 0.25) is 5.02 Å². The molecule has 1 atom stereocenters. The third kappa shape index (κ3) is 2.06. The lowest BCUT2D eigenvalue weighted by molar-refractivity contribution is 0.0964. The van der Waals surface area contributed by atoms with E-state index in [0.717, 1.165) is 22.6 Å². The Morgan fingerprint density at radius 3 is 2.44 bits per heavy atom. The lowest BCUT2D eigenvalue weighted by Crippen LogP contribution is -2.18. The third-order valence-electron chi connectivity index (χ3n) is 3.56. The summed E-state index contributed by atoms with van der Waals surface area (Å²) in [7, 11) is 0. The minimum atomic E-state index is 0.247. The first-order valence-corrected chi connectivity index (χ1v) is 6.48. The van der Waals surface area contributed by atoms with Crippen LogP contribution in [-0.4, -0.2) is 5.78 Å². The number of halogens is 1. The molecule has 90 valence electrons. The van der Waals surface area contributed by atoms with Gasteiger partial charge in [-0.15, -0.1) is 0 Å². The van der Waals surface area contributed by atoms with Gasteiger partial charge in [-0.1, -0.05) is 48.0 Å². The summed E-state index contributed by atoms with van der Waals surface area (Å²) in [5, 5.41) is 0.737. The predicted octanol–water partition coefficient (Wildman–Crippen LogP) is 4.25. The molecule has 0 fully saturated rings. The van der Waals surface area contributed by atoms with Crippen LogP contribution >= 0.6 is 11.6 Å². The van der Waals surface area contributed by atoms with E-state index < -0.39 is 0 Å². The summed E-state index contributed by atoms with van der Waals surface area (Å²) in [6.07, 6.45) is 1.53. The van der Waals surface area contributed by atoms with Crippen molar-refractivity contribution in [2.24, 2.45) is 0 Å². The van der Waals surface area contributed by atoms with Crippen LogP contribution in [0, 0.1) is 0 Å². The Bertz CT molecular complexity index is 586. The molecule has 0 spiro atoms. The Balaban J connectivity index is 1.94. The minimum Gasteiger partial charge on any atom is -0.294 e. The number of carbonyl (C=O) groups is 1. The quantitative estimate of drug-likeness (QED) is 0.745. The van der Waals surface area contributed by atoms with Crippen molar-refractivity contribution in [3.8, 4) is 0 Å². The molecule has 1 nitrogen and oxygen atoms in total. The van der Waals surface area contributed by atoms with Crippen LogP contribution in [0.15, 0.2) is 48.5 Å². The normalized spacial score (nSPS) is 18.5. The minimum absolute atomic E-state index is 0.247. The number of rotatable bonds is 1. The van der Waals surface area contributed by atoms with E-state index >= 15 is 0 Å². The number of ketones is 1. The highest BCUT2D eigenvalue weighted by molar-refractivity contribution is 6.30. The van der Waals surface area contributed by atoms with E-state index in [0.29, 0.717) is 6.42 Å². The van der Waals surface area contributed by atoms with Crippen molar-refractivity contribution in [2.45, 2.75) is 18.8 Å². The van der Waals surface area contributed by atoms with Gasteiger partial charge in [0.05, 0.1) is 0 Å². The highest BCUT2D eigenvalue weighted by Gasteiger charge is 2.25. The molecule has 1 aliphatic carbocycles. The number of hydrogen-bond acceptors (Lipinski definition) is 1. The zero-order chi connectivity index (χ0) is 12.5. The molecule has 0 saturated carbocycles. The van der Waals surface area contributed by atoms with Gasteiger partial charge in [-0.3, -0.25) is 4.79 Å². The SMILES string of the molecule is O=C1CC(c2ccc(Cl)cc2)Cc2ccccc21. The van der Waals surface area contributed by atoms with Crippen molar-refractivity contribution >= 4 is 17.4 Å². The Labute approximate surface area is 111 Å². The molecular formula is C16H13ClO. The second-order valence-corrected chi connectivity index (χ2v) is 5.17. The van der Waals surface area contributed by atoms with Crippen molar-refractivity contribution in [2.75, 3.05) is 0 Å². The number of fused-ring (bicyclic) bond motifs is 1. The summed E-state index contributed by atoms with van der Waals surface area (Å²) in [5.41, 5.74) is 3.25. The van der Waals surface area contributed by atoms with Gasteiger partial charge in [-0.25, -0.2) is 0 Å². The Morgan fingerprint density at radius 1 is 0.944 bits per heavy atom. The summed E-state index contributed by atoms with van der Waals surface area (Å²) < 4.78 is 0. The molecule has 2 heteroatoms. The lowest BCUT2D eigenvalue weighted by atomic mass is 9.79. The topological polar surface area (TPSA) is 17.1 Å². The molecule has 0 aromatic heterocycles. The molecule has 0 N–H and O–H groups in total. The van der Waals surface area contributed by atoms with Gasteiger partial charge in [-0.05, 0) is 35.6 Å². The molecule has 0 amide bonds. The average Bonchev–Trinajstić information content (AvgIpc) is 2.39. The molecule has 3 rings (SSSR count). The van der Waals surface area contributed by atoms with Gasteiger partial charge in [0, 0.05) is 17.0 Å². The lowest BCUT2D eigenvalue weighted by Gasteiger charge is -2.23. The predicted molar refractivity (Wildman–Crippen MR) is 73.3 cm³/mol. The molecule has 18 heavy (non-hydrogen) atoms. The summed E-state index contributed by atoms with van der Waals surface area (Å²) in [6.45, 7) is 0. The van der Waals surface area contributed by atoms with E-state index in [1.807, 2.05) is 42.5 Å². The van der Waals surface area contributed by atoms with Crippen LogP contribution in [-0.2, 0) is 6.42 Å². The molecule has 0 heterocycles. The number of hydrogen-bond donors (Lipinski definition) is 0. The number of carbonyl (C=O) groups excluding carboxylic acids is 1. The fraction of sp³-hybridized carbons (Fsp3) is 0.188. The van der Waals surface area contributed by atoms with E-state index in [9.17, 15) is 4.79 Å². The number of benzene rings is 2. The summed E-state index contributed by atoms with van der Waals surface area (Å²) >= 11 is 5.89. The highest BCUT2D eigenvalue weighted by atomic mass is 35.5. The van der Waals surface area contributed by atoms with Crippen LogP contribution < -0.4 is 0 Å². The smallest absolute Gasteiger partial charge is 0.163 e. The molecular weight excluding hydrogens is 244 g/mol. The van der Waals surface area contributed by atoms with Gasteiger partial charge < -0.3 is 0 Å². The Hall–Kier alpha value is -1.60. The van der Waals surface area contributed by atoms with E-state index in [-0.39, 0.29) is 11.7 Å². The van der Waals surface area contributed by atoms with Crippen molar-refractivity contribution in [1.82, 2.24) is 0 Å². The summed E-state index contributed by atoms with van der Waals surface area (Å²) in [4.78, 5) is 12.1. The maximum atomic E-state index is 12.1. The first-order valence-electron chi connectivity index (χ1n) is 6.10. The first kappa shape index (κ1) is 11.5. The van der Waals surface area contributed by atoms with Gasteiger partial charge in [0.1, 0.15) is 0 Å². The molecule has 0 saturated heterocycles. The van der Waals surface area contributed by atoms with E-state index in [1.54, 1.807) is 0 Å². The largest absolute Gasteiger partial charge is 0.294 e. The maximum absolute atomic E-state index is 12.1.